The lowest BCUT2D eigenvalue weighted by Gasteiger charge is -2.30. The maximum Gasteiger partial charge on any atom is 0.242 e. The van der Waals surface area contributed by atoms with Crippen molar-refractivity contribution in [3.8, 4) is 22.4 Å². The van der Waals surface area contributed by atoms with Gasteiger partial charge in [0.25, 0.3) is 0 Å². The number of aromatic amines is 1. The summed E-state index contributed by atoms with van der Waals surface area (Å²) in [5.41, 5.74) is 5.50. The number of piperidine rings is 1. The van der Waals surface area contributed by atoms with E-state index >= 15 is 0 Å². The van der Waals surface area contributed by atoms with E-state index < -0.39 is 20.0 Å². The Labute approximate surface area is 282 Å². The van der Waals surface area contributed by atoms with Crippen molar-refractivity contribution in [2.24, 2.45) is 5.92 Å². The molecule has 6 rings (SSSR count). The number of anilines is 2. The minimum atomic E-state index is -3.62. The van der Waals surface area contributed by atoms with Crippen molar-refractivity contribution in [3.05, 3.63) is 84.6 Å². The smallest absolute Gasteiger partial charge is 0.242 e. The molecule has 5 aromatic rings. The molecule has 0 spiro atoms. The maximum atomic E-state index is 12.8. The van der Waals surface area contributed by atoms with Crippen molar-refractivity contribution in [1.82, 2.24) is 28.5 Å². The number of aromatic nitrogens is 3. The monoisotopic (exact) mass is 687 g/mol. The molecule has 3 heterocycles. The average molecular weight is 688 g/mol. The van der Waals surface area contributed by atoms with Crippen LogP contribution in [0.1, 0.15) is 25.3 Å². The second-order valence-corrected chi connectivity index (χ2v) is 17.0. The van der Waals surface area contributed by atoms with Crippen LogP contribution in [0.3, 0.4) is 0 Å². The summed E-state index contributed by atoms with van der Waals surface area (Å²) in [5.74, 6) is 1.17. The fourth-order valence-electron chi connectivity index (χ4n) is 5.84. The summed E-state index contributed by atoms with van der Waals surface area (Å²) in [4.78, 5) is 15.9. The van der Waals surface area contributed by atoms with E-state index in [9.17, 15) is 16.8 Å². The van der Waals surface area contributed by atoms with Crippen molar-refractivity contribution in [2.75, 3.05) is 46.6 Å². The highest BCUT2D eigenvalue weighted by molar-refractivity contribution is 7.89. The molecule has 1 aliphatic heterocycles. The van der Waals surface area contributed by atoms with Gasteiger partial charge >= 0.3 is 0 Å². The lowest BCUT2D eigenvalue weighted by molar-refractivity contribution is 0.185. The van der Waals surface area contributed by atoms with Crippen LogP contribution in [0.2, 0.25) is 0 Å². The van der Waals surface area contributed by atoms with Crippen molar-refractivity contribution in [2.45, 2.75) is 36.1 Å². The zero-order valence-electron chi connectivity index (χ0n) is 27.8. The van der Waals surface area contributed by atoms with E-state index in [4.69, 9.17) is 9.97 Å². The number of hydrogen-bond donors (Lipinski definition) is 2. The molecule has 2 aromatic heterocycles. The third-order valence-electron chi connectivity index (χ3n) is 8.87. The number of H-pyrrole nitrogens is 1. The number of nitrogens with one attached hydrogen (secondary N) is 2. The van der Waals surface area contributed by atoms with Crippen molar-refractivity contribution < 1.29 is 16.8 Å². The minimum absolute atomic E-state index is 0.172. The third kappa shape index (κ3) is 6.87. The minimum Gasteiger partial charge on any atom is -0.345 e. The van der Waals surface area contributed by atoms with Crippen LogP contribution >= 0.6 is 0 Å². The van der Waals surface area contributed by atoms with Gasteiger partial charge in [0.15, 0.2) is 0 Å². The van der Waals surface area contributed by atoms with E-state index in [-0.39, 0.29) is 9.79 Å². The number of sulfonamides is 2. The highest BCUT2D eigenvalue weighted by atomic mass is 32.2. The van der Waals surface area contributed by atoms with Gasteiger partial charge in [-0.25, -0.2) is 30.4 Å². The van der Waals surface area contributed by atoms with E-state index in [1.807, 2.05) is 18.3 Å². The van der Waals surface area contributed by atoms with Gasteiger partial charge in [-0.3, -0.25) is 4.90 Å². The van der Waals surface area contributed by atoms with Crippen LogP contribution in [0.15, 0.2) is 88.8 Å². The van der Waals surface area contributed by atoms with Gasteiger partial charge in [0.2, 0.25) is 26.0 Å². The van der Waals surface area contributed by atoms with Gasteiger partial charge in [0.05, 0.1) is 20.9 Å². The third-order valence-corrected chi connectivity index (χ3v) is 12.5. The molecule has 0 bridgehead atoms. The van der Waals surface area contributed by atoms with Gasteiger partial charge in [0.1, 0.15) is 5.65 Å². The molecular weight excluding hydrogens is 647 g/mol. The molecule has 1 fully saturated rings. The fourth-order valence-corrected chi connectivity index (χ4v) is 7.64. The van der Waals surface area contributed by atoms with Gasteiger partial charge in [-0.1, -0.05) is 43.3 Å². The summed E-state index contributed by atoms with van der Waals surface area (Å²) in [5, 5.41) is 4.07. The Balaban J connectivity index is 1.36. The SMILES string of the molecule is CC1CCN(Cc2ccc(Nc3nc(-c4ccc(S(=O)(=O)N(C)C)cc4)c4c(-c5ccc(S(=O)(=O)N(C)C)cc5)c[nH]c4n3)cc2)CC1. The van der Waals surface area contributed by atoms with E-state index in [0.717, 1.165) is 47.8 Å². The Morgan fingerprint density at radius 1 is 0.771 bits per heavy atom. The highest BCUT2D eigenvalue weighted by Gasteiger charge is 2.22. The Morgan fingerprint density at radius 3 is 1.85 bits per heavy atom. The Hall–Kier alpha value is -4.14. The van der Waals surface area contributed by atoms with Crippen LogP contribution in [0.5, 0.6) is 0 Å². The van der Waals surface area contributed by atoms with Gasteiger partial charge in [0, 0.05) is 57.7 Å². The summed E-state index contributed by atoms with van der Waals surface area (Å²) < 4.78 is 53.2. The van der Waals surface area contributed by atoms with Crippen LogP contribution in [0.25, 0.3) is 33.4 Å². The van der Waals surface area contributed by atoms with Crippen LogP contribution in [-0.4, -0.2) is 86.6 Å². The van der Waals surface area contributed by atoms with Crippen LogP contribution in [0, 0.1) is 5.92 Å². The Kier molecular flexibility index (Phi) is 9.42. The zero-order valence-corrected chi connectivity index (χ0v) is 29.4. The summed E-state index contributed by atoms with van der Waals surface area (Å²) >= 11 is 0. The first-order valence-corrected chi connectivity index (χ1v) is 18.7. The summed E-state index contributed by atoms with van der Waals surface area (Å²) in [7, 11) is -1.22. The van der Waals surface area contributed by atoms with Crippen LogP contribution < -0.4 is 5.32 Å². The molecule has 0 unspecified atom stereocenters. The van der Waals surface area contributed by atoms with Gasteiger partial charge < -0.3 is 10.3 Å². The first-order valence-electron chi connectivity index (χ1n) is 15.9. The Bertz CT molecular complexity index is 2120. The number of nitrogens with zero attached hydrogens (tertiary/aromatic N) is 5. The second-order valence-electron chi connectivity index (χ2n) is 12.7. The normalized spacial score (nSPS) is 15.1. The summed E-state index contributed by atoms with van der Waals surface area (Å²) in [6, 6.07) is 21.6. The average Bonchev–Trinajstić information content (AvgIpc) is 3.50. The molecule has 13 heteroatoms. The standard InChI is InChI=1S/C35H41N7O4S2/c1-24-18-20-42(21-19-24)23-25-6-12-28(13-7-25)37-35-38-33(27-10-16-30(17-11-27)48(45,46)41(4)5)32-31(22-36-34(32)39-35)26-8-14-29(15-9-26)47(43,44)40(2)3/h6-17,22,24H,18-21,23H2,1-5H3,(H2,36,37,38,39). The number of likely N-dealkylation sites (tertiary alicyclic amines) is 1. The molecule has 3 aromatic carbocycles. The Morgan fingerprint density at radius 2 is 1.31 bits per heavy atom. The van der Waals surface area contributed by atoms with Crippen molar-refractivity contribution >= 4 is 42.7 Å². The van der Waals surface area contributed by atoms with E-state index in [2.05, 4.69) is 34.3 Å². The fraction of sp³-hybridized carbons (Fsp3) is 0.314. The predicted octanol–water partition coefficient (Wildman–Crippen LogP) is 5.77. The molecular formula is C35H41N7O4S2. The van der Waals surface area contributed by atoms with Gasteiger partial charge in [-0.15, -0.1) is 0 Å². The summed E-state index contributed by atoms with van der Waals surface area (Å²) in [6.45, 7) is 5.49. The predicted molar refractivity (Wildman–Crippen MR) is 190 cm³/mol. The molecule has 1 aliphatic rings. The molecule has 11 nitrogen and oxygen atoms in total. The molecule has 0 saturated carbocycles. The van der Waals surface area contributed by atoms with Crippen LogP contribution in [-0.2, 0) is 26.6 Å². The first kappa shape index (κ1) is 33.7. The topological polar surface area (TPSA) is 132 Å². The molecule has 0 atom stereocenters. The van der Waals surface area contributed by atoms with E-state index in [0.29, 0.717) is 22.9 Å². The molecule has 1 saturated heterocycles. The molecule has 0 aliphatic carbocycles. The first-order chi connectivity index (χ1) is 22.8. The lowest BCUT2D eigenvalue weighted by atomic mass is 9.99. The summed E-state index contributed by atoms with van der Waals surface area (Å²) in [6.07, 6.45) is 4.29. The quantitative estimate of drug-likeness (QED) is 0.189. The van der Waals surface area contributed by atoms with E-state index in [1.54, 1.807) is 48.5 Å². The largest absolute Gasteiger partial charge is 0.345 e. The lowest BCUT2D eigenvalue weighted by Crippen LogP contribution is -2.32. The van der Waals surface area contributed by atoms with Crippen molar-refractivity contribution in [1.29, 1.82) is 0 Å². The van der Waals surface area contributed by atoms with Crippen molar-refractivity contribution in [3.63, 3.8) is 0 Å². The molecule has 48 heavy (non-hydrogen) atoms. The maximum absolute atomic E-state index is 12.8. The molecule has 0 radical (unpaired) electrons. The number of benzene rings is 3. The molecule has 2 N–H and O–H groups in total. The number of rotatable bonds is 10. The molecule has 0 amide bonds. The van der Waals surface area contributed by atoms with Gasteiger partial charge in [-0.05, 0) is 79.4 Å². The number of fused-ring (bicyclic) bond motifs is 1. The van der Waals surface area contributed by atoms with Gasteiger partial charge in [-0.2, -0.15) is 4.98 Å². The number of hydrogen-bond acceptors (Lipinski definition) is 8. The second kappa shape index (κ2) is 13.4. The van der Waals surface area contributed by atoms with Crippen LogP contribution in [0.4, 0.5) is 11.6 Å². The zero-order chi connectivity index (χ0) is 34.2. The molecule has 252 valence electrons. The highest BCUT2D eigenvalue weighted by Crippen LogP contribution is 2.37. The van der Waals surface area contributed by atoms with E-state index in [1.165, 1.54) is 55.2 Å².